The van der Waals surface area contributed by atoms with Gasteiger partial charge >= 0.3 is 0 Å². The van der Waals surface area contributed by atoms with Gasteiger partial charge in [-0.05, 0) is 12.2 Å². The van der Waals surface area contributed by atoms with E-state index in [4.69, 9.17) is 0 Å². The van der Waals surface area contributed by atoms with Gasteiger partial charge < -0.3 is 0 Å². The molecule has 0 saturated carbocycles. The van der Waals surface area contributed by atoms with E-state index in [1.165, 1.54) is 12.3 Å². The molecule has 2 rings (SSSR count). The van der Waals surface area contributed by atoms with Crippen molar-refractivity contribution in [3.63, 3.8) is 0 Å². The Morgan fingerprint density at radius 2 is 2.09 bits per heavy atom. The molecule has 1 aliphatic carbocycles. The number of rotatable bonds is 0. The molecule has 4 nitrogen and oxygen atoms in total. The molecule has 4 heteroatoms. The lowest BCUT2D eigenvalue weighted by Crippen LogP contribution is -2.15. The van der Waals surface area contributed by atoms with Crippen LogP contribution in [0.5, 0.6) is 0 Å². The first-order valence-electron chi connectivity index (χ1n) is 3.09. The second kappa shape index (κ2) is 1.88. The highest BCUT2D eigenvalue weighted by molar-refractivity contribution is 6.49. The zero-order chi connectivity index (χ0) is 7.84. The molecular weight excluding hydrogens is 144 g/mol. The summed E-state index contributed by atoms with van der Waals surface area (Å²) in [6.07, 6.45) is 4.33. The normalized spacial score (nSPS) is 15.3. The average molecular weight is 148 g/mol. The molecule has 0 aromatic carbocycles. The number of aromatic amines is 1. The number of aromatic nitrogens is 2. The summed E-state index contributed by atoms with van der Waals surface area (Å²) in [4.78, 5) is 21.8. The molecule has 0 fully saturated rings. The number of nitrogens with zero attached hydrogens (tertiary/aromatic N) is 1. The SMILES string of the molecule is O=C1C=Cc2cn[nH]c2C1=O. The Morgan fingerprint density at radius 1 is 1.27 bits per heavy atom. The van der Waals surface area contributed by atoms with Crippen molar-refractivity contribution in [1.29, 1.82) is 0 Å². The van der Waals surface area contributed by atoms with Gasteiger partial charge in [0, 0.05) is 5.56 Å². The van der Waals surface area contributed by atoms with Crippen LogP contribution >= 0.6 is 0 Å². The number of H-pyrrole nitrogens is 1. The molecule has 0 saturated heterocycles. The molecule has 1 aliphatic rings. The number of carbonyl (C=O) groups excluding carboxylic acids is 2. The van der Waals surface area contributed by atoms with Crippen molar-refractivity contribution >= 4 is 17.6 Å². The monoisotopic (exact) mass is 148 g/mol. The largest absolute Gasteiger partial charge is 0.285 e. The van der Waals surface area contributed by atoms with Crippen LogP contribution in [0.1, 0.15) is 16.1 Å². The maximum absolute atomic E-state index is 11.0. The Kier molecular flexibility index (Phi) is 1.03. The quantitative estimate of drug-likeness (QED) is 0.534. The van der Waals surface area contributed by atoms with E-state index in [1.807, 2.05) is 0 Å². The third kappa shape index (κ3) is 0.724. The van der Waals surface area contributed by atoms with Crippen molar-refractivity contribution in [2.75, 3.05) is 0 Å². The first kappa shape index (κ1) is 6.03. The maximum atomic E-state index is 11.0. The Labute approximate surface area is 61.9 Å². The van der Waals surface area contributed by atoms with E-state index in [0.717, 1.165) is 0 Å². The molecule has 0 spiro atoms. The Morgan fingerprint density at radius 3 is 2.91 bits per heavy atom. The van der Waals surface area contributed by atoms with E-state index in [2.05, 4.69) is 10.2 Å². The number of hydrogen-bond acceptors (Lipinski definition) is 3. The summed E-state index contributed by atoms with van der Waals surface area (Å²) in [6, 6.07) is 0. The summed E-state index contributed by atoms with van der Waals surface area (Å²) in [5, 5.41) is 6.11. The van der Waals surface area contributed by atoms with Gasteiger partial charge in [0.15, 0.2) is 0 Å². The standard InChI is InChI=1S/C7H4N2O2/c10-5-2-1-4-3-8-9-6(4)7(5)11/h1-3H,(H,8,9). The molecule has 0 bridgehead atoms. The molecule has 0 atom stereocenters. The third-order valence-electron chi connectivity index (χ3n) is 1.53. The van der Waals surface area contributed by atoms with Crippen LogP contribution < -0.4 is 0 Å². The van der Waals surface area contributed by atoms with E-state index in [-0.39, 0.29) is 5.69 Å². The topological polar surface area (TPSA) is 62.8 Å². The smallest absolute Gasteiger partial charge is 0.251 e. The molecule has 0 amide bonds. The van der Waals surface area contributed by atoms with Crippen molar-refractivity contribution in [2.45, 2.75) is 0 Å². The van der Waals surface area contributed by atoms with E-state index in [9.17, 15) is 9.59 Å². The van der Waals surface area contributed by atoms with Crippen LogP contribution in [-0.4, -0.2) is 21.8 Å². The summed E-state index contributed by atoms with van der Waals surface area (Å²) in [5.41, 5.74) is 0.965. The van der Waals surface area contributed by atoms with E-state index < -0.39 is 11.6 Å². The minimum atomic E-state index is -0.514. The highest BCUT2D eigenvalue weighted by Gasteiger charge is 2.21. The minimum Gasteiger partial charge on any atom is -0.285 e. The van der Waals surface area contributed by atoms with Gasteiger partial charge in [0.1, 0.15) is 5.69 Å². The number of allylic oxidation sites excluding steroid dienone is 1. The van der Waals surface area contributed by atoms with E-state index in [1.54, 1.807) is 6.08 Å². The first-order valence-corrected chi connectivity index (χ1v) is 3.09. The molecule has 0 aliphatic heterocycles. The van der Waals surface area contributed by atoms with Gasteiger partial charge in [-0.25, -0.2) is 0 Å². The molecular formula is C7H4N2O2. The fourth-order valence-electron chi connectivity index (χ4n) is 0.968. The van der Waals surface area contributed by atoms with Crippen molar-refractivity contribution in [1.82, 2.24) is 10.2 Å². The van der Waals surface area contributed by atoms with Gasteiger partial charge in [-0.1, -0.05) is 0 Å². The van der Waals surface area contributed by atoms with Gasteiger partial charge in [-0.2, -0.15) is 5.10 Å². The zero-order valence-corrected chi connectivity index (χ0v) is 5.50. The van der Waals surface area contributed by atoms with Crippen molar-refractivity contribution in [2.24, 2.45) is 0 Å². The Balaban J connectivity index is 2.66. The van der Waals surface area contributed by atoms with Crippen LogP contribution in [0.3, 0.4) is 0 Å². The summed E-state index contributed by atoms with van der Waals surface area (Å²) in [7, 11) is 0. The Bertz CT molecular complexity index is 362. The predicted molar refractivity (Wildman–Crippen MR) is 37.0 cm³/mol. The molecule has 1 N–H and O–H groups in total. The number of hydrogen-bond donors (Lipinski definition) is 1. The van der Waals surface area contributed by atoms with Gasteiger partial charge in [0.05, 0.1) is 6.20 Å². The summed E-state index contributed by atoms with van der Waals surface area (Å²) in [5.74, 6) is -1.01. The molecule has 11 heavy (non-hydrogen) atoms. The van der Waals surface area contributed by atoms with E-state index in [0.29, 0.717) is 5.56 Å². The zero-order valence-electron chi connectivity index (χ0n) is 5.50. The van der Waals surface area contributed by atoms with Crippen LogP contribution in [0.4, 0.5) is 0 Å². The van der Waals surface area contributed by atoms with Gasteiger partial charge in [-0.3, -0.25) is 14.7 Å². The van der Waals surface area contributed by atoms with Crippen LogP contribution in [-0.2, 0) is 4.79 Å². The summed E-state index contributed by atoms with van der Waals surface area (Å²) in [6.45, 7) is 0. The number of carbonyl (C=O) groups is 2. The van der Waals surface area contributed by atoms with Gasteiger partial charge in [0.25, 0.3) is 5.78 Å². The fraction of sp³-hybridized carbons (Fsp3) is 0. The minimum absolute atomic E-state index is 0.289. The molecule has 54 valence electrons. The van der Waals surface area contributed by atoms with E-state index >= 15 is 0 Å². The highest BCUT2D eigenvalue weighted by atomic mass is 16.2. The lowest BCUT2D eigenvalue weighted by Gasteiger charge is -1.99. The van der Waals surface area contributed by atoms with Crippen molar-refractivity contribution in [3.8, 4) is 0 Å². The summed E-state index contributed by atoms with van der Waals surface area (Å²) < 4.78 is 0. The molecule has 1 aromatic rings. The lowest BCUT2D eigenvalue weighted by atomic mass is 10.0. The predicted octanol–water partition coefficient (Wildman–Crippen LogP) is 0.188. The Hall–Kier alpha value is -1.71. The van der Waals surface area contributed by atoms with Crippen LogP contribution in [0.2, 0.25) is 0 Å². The fourth-order valence-corrected chi connectivity index (χ4v) is 0.968. The molecule has 1 aromatic heterocycles. The van der Waals surface area contributed by atoms with Crippen LogP contribution in [0, 0.1) is 0 Å². The van der Waals surface area contributed by atoms with Crippen molar-refractivity contribution in [3.05, 3.63) is 23.5 Å². The number of nitrogens with one attached hydrogen (secondary N) is 1. The maximum Gasteiger partial charge on any atom is 0.251 e. The van der Waals surface area contributed by atoms with Crippen LogP contribution in [0.15, 0.2) is 12.3 Å². The molecule has 1 heterocycles. The summed E-state index contributed by atoms with van der Waals surface area (Å²) >= 11 is 0. The lowest BCUT2D eigenvalue weighted by molar-refractivity contribution is -0.111. The molecule has 0 radical (unpaired) electrons. The number of fused-ring (bicyclic) bond motifs is 1. The molecule has 0 unspecified atom stereocenters. The first-order chi connectivity index (χ1) is 5.29. The average Bonchev–Trinajstić information content (AvgIpc) is 2.45. The van der Waals surface area contributed by atoms with Gasteiger partial charge in [0.2, 0.25) is 5.78 Å². The second-order valence-electron chi connectivity index (χ2n) is 2.23. The number of ketones is 2. The highest BCUT2D eigenvalue weighted by Crippen LogP contribution is 2.13. The van der Waals surface area contributed by atoms with Gasteiger partial charge in [-0.15, -0.1) is 0 Å². The second-order valence-corrected chi connectivity index (χ2v) is 2.23. The number of Topliss-reactive ketones (excluding diaryl/α,β-unsaturated/α-hetero) is 1. The van der Waals surface area contributed by atoms with Crippen molar-refractivity contribution < 1.29 is 9.59 Å². The van der Waals surface area contributed by atoms with Crippen LogP contribution in [0.25, 0.3) is 6.08 Å². The third-order valence-corrected chi connectivity index (χ3v) is 1.53.